The monoisotopic (exact) mass is 327 g/mol. The number of carbonyl (C=O) groups is 1. The van der Waals surface area contributed by atoms with Gasteiger partial charge in [-0.1, -0.05) is 49.6 Å². The summed E-state index contributed by atoms with van der Waals surface area (Å²) in [5.41, 5.74) is 7.68. The lowest BCUT2D eigenvalue weighted by atomic mass is 10.1. The summed E-state index contributed by atoms with van der Waals surface area (Å²) in [6.07, 6.45) is 7.85. The van der Waals surface area contributed by atoms with Crippen LogP contribution in [0.4, 0.5) is 0 Å². The molecule has 1 amide bonds. The highest BCUT2D eigenvalue weighted by Gasteiger charge is 2.22. The molecule has 2 heterocycles. The second kappa shape index (κ2) is 8.11. The number of aromatic nitrogens is 1. The van der Waals surface area contributed by atoms with Gasteiger partial charge in [0.05, 0.1) is 6.04 Å². The van der Waals surface area contributed by atoms with Crippen molar-refractivity contribution in [3.8, 4) is 0 Å². The minimum absolute atomic E-state index is 0.0428. The van der Waals surface area contributed by atoms with Crippen LogP contribution < -0.4 is 5.73 Å². The topological polar surface area (TPSA) is 72.4 Å². The fraction of sp³-hybridized carbons (Fsp3) is 0.474. The smallest absolute Gasteiger partial charge is 0.275 e. The Bertz CT molecular complexity index is 646. The van der Waals surface area contributed by atoms with Gasteiger partial charge in [-0.2, -0.15) is 0 Å². The molecule has 0 radical (unpaired) electrons. The van der Waals surface area contributed by atoms with Gasteiger partial charge in [0.15, 0.2) is 5.69 Å². The lowest BCUT2D eigenvalue weighted by Gasteiger charge is -2.23. The largest absolute Gasteiger partial charge is 0.446 e. The summed E-state index contributed by atoms with van der Waals surface area (Å²) in [7, 11) is 0. The number of nitrogens with zero attached hydrogens (tertiary/aromatic N) is 2. The molecule has 0 aliphatic carbocycles. The van der Waals surface area contributed by atoms with E-state index < -0.39 is 0 Å². The minimum atomic E-state index is -0.346. The molecule has 1 unspecified atom stereocenters. The first-order valence-corrected chi connectivity index (χ1v) is 8.78. The zero-order valence-corrected chi connectivity index (χ0v) is 14.0. The van der Waals surface area contributed by atoms with E-state index in [0.29, 0.717) is 18.0 Å². The number of rotatable bonds is 4. The molecule has 5 nitrogen and oxygen atoms in total. The molecule has 128 valence electrons. The Morgan fingerprint density at radius 3 is 2.50 bits per heavy atom. The Morgan fingerprint density at radius 1 is 1.12 bits per heavy atom. The summed E-state index contributed by atoms with van der Waals surface area (Å²) < 4.78 is 5.48. The van der Waals surface area contributed by atoms with Crippen molar-refractivity contribution >= 4 is 5.91 Å². The number of amides is 1. The molecule has 5 heteroatoms. The Morgan fingerprint density at radius 2 is 1.79 bits per heavy atom. The first-order valence-electron chi connectivity index (χ1n) is 8.78. The average Bonchev–Trinajstić information content (AvgIpc) is 3.05. The van der Waals surface area contributed by atoms with Gasteiger partial charge in [0.2, 0.25) is 5.89 Å². The summed E-state index contributed by atoms with van der Waals surface area (Å²) in [5.74, 6) is 0.382. The number of hydrogen-bond donors (Lipinski definition) is 1. The maximum absolute atomic E-state index is 12.6. The van der Waals surface area contributed by atoms with Crippen molar-refractivity contribution in [2.45, 2.75) is 44.6 Å². The van der Waals surface area contributed by atoms with Crippen LogP contribution in [0.3, 0.4) is 0 Å². The van der Waals surface area contributed by atoms with E-state index in [4.69, 9.17) is 10.2 Å². The number of nitrogens with two attached hydrogens (primary N) is 1. The van der Waals surface area contributed by atoms with E-state index in [2.05, 4.69) is 4.98 Å². The molecule has 1 atom stereocenters. The van der Waals surface area contributed by atoms with Gasteiger partial charge >= 0.3 is 0 Å². The van der Waals surface area contributed by atoms with E-state index >= 15 is 0 Å². The number of oxazole rings is 1. The van der Waals surface area contributed by atoms with Crippen LogP contribution in [-0.4, -0.2) is 28.9 Å². The van der Waals surface area contributed by atoms with Crippen LogP contribution >= 0.6 is 0 Å². The first-order chi connectivity index (χ1) is 11.7. The van der Waals surface area contributed by atoms with Gasteiger partial charge in [0.25, 0.3) is 5.91 Å². The fourth-order valence-electron chi connectivity index (χ4n) is 3.12. The number of carbonyl (C=O) groups excluding carboxylic acids is 1. The summed E-state index contributed by atoms with van der Waals surface area (Å²) in [5, 5.41) is 0. The van der Waals surface area contributed by atoms with Crippen LogP contribution in [0.1, 0.15) is 60.1 Å². The van der Waals surface area contributed by atoms with E-state index in [9.17, 15) is 4.79 Å². The Hall–Kier alpha value is -2.14. The molecule has 1 fully saturated rings. The molecule has 2 N–H and O–H groups in total. The maximum Gasteiger partial charge on any atom is 0.275 e. The first kappa shape index (κ1) is 16.7. The van der Waals surface area contributed by atoms with Gasteiger partial charge in [-0.15, -0.1) is 0 Å². The molecule has 3 rings (SSSR count). The van der Waals surface area contributed by atoms with Crippen molar-refractivity contribution in [3.63, 3.8) is 0 Å². The number of likely N-dealkylation sites (tertiary alicyclic amines) is 1. The quantitative estimate of drug-likeness (QED) is 0.935. The number of benzene rings is 1. The molecule has 0 saturated carbocycles. The van der Waals surface area contributed by atoms with Gasteiger partial charge in [0, 0.05) is 13.1 Å². The van der Waals surface area contributed by atoms with Gasteiger partial charge in [-0.25, -0.2) is 4.98 Å². The zero-order valence-electron chi connectivity index (χ0n) is 14.0. The van der Waals surface area contributed by atoms with Crippen molar-refractivity contribution in [2.24, 2.45) is 5.73 Å². The van der Waals surface area contributed by atoms with Crippen LogP contribution in [0.2, 0.25) is 0 Å². The fourth-order valence-corrected chi connectivity index (χ4v) is 3.12. The SMILES string of the molecule is NC(Cc1ccccc1)c1nc(C(=O)N2CCCCCCC2)co1. The van der Waals surface area contributed by atoms with E-state index in [0.717, 1.165) is 31.5 Å². The standard InChI is InChI=1S/C19H25N3O2/c20-16(13-15-9-5-4-6-10-15)18-21-17(14-24-18)19(23)22-11-7-2-1-3-8-12-22/h4-6,9-10,14,16H,1-3,7-8,11-13,20H2. The highest BCUT2D eigenvalue weighted by molar-refractivity contribution is 5.92. The highest BCUT2D eigenvalue weighted by atomic mass is 16.3. The van der Waals surface area contributed by atoms with Crippen molar-refractivity contribution in [3.05, 3.63) is 53.7 Å². The van der Waals surface area contributed by atoms with E-state index in [1.54, 1.807) is 0 Å². The predicted molar refractivity (Wildman–Crippen MR) is 92.6 cm³/mol. The third-order valence-corrected chi connectivity index (χ3v) is 4.50. The molecule has 1 aliphatic heterocycles. The summed E-state index contributed by atoms with van der Waals surface area (Å²) >= 11 is 0. The van der Waals surface area contributed by atoms with Gasteiger partial charge in [-0.05, 0) is 24.8 Å². The third-order valence-electron chi connectivity index (χ3n) is 4.50. The van der Waals surface area contributed by atoms with Gasteiger partial charge in [-0.3, -0.25) is 4.79 Å². The molecule has 1 aliphatic rings. The molecule has 24 heavy (non-hydrogen) atoms. The Labute approximate surface area is 142 Å². The van der Waals surface area contributed by atoms with E-state index in [1.165, 1.54) is 25.5 Å². The molecule has 0 spiro atoms. The van der Waals surface area contributed by atoms with Crippen LogP contribution in [0.5, 0.6) is 0 Å². The molecule has 1 aromatic heterocycles. The van der Waals surface area contributed by atoms with Crippen molar-refractivity contribution in [2.75, 3.05) is 13.1 Å². The molecule has 1 saturated heterocycles. The Balaban J connectivity index is 1.64. The second-order valence-electron chi connectivity index (χ2n) is 6.43. The Kier molecular flexibility index (Phi) is 5.64. The van der Waals surface area contributed by atoms with Crippen molar-refractivity contribution < 1.29 is 9.21 Å². The van der Waals surface area contributed by atoms with Crippen LogP contribution in [0.15, 0.2) is 41.0 Å². The molecular weight excluding hydrogens is 302 g/mol. The lowest BCUT2D eigenvalue weighted by Crippen LogP contribution is -2.34. The number of hydrogen-bond acceptors (Lipinski definition) is 4. The summed E-state index contributed by atoms with van der Waals surface area (Å²) in [6.45, 7) is 1.61. The third kappa shape index (κ3) is 4.23. The second-order valence-corrected chi connectivity index (χ2v) is 6.43. The van der Waals surface area contributed by atoms with Gasteiger partial charge < -0.3 is 15.1 Å². The van der Waals surface area contributed by atoms with Crippen molar-refractivity contribution in [1.29, 1.82) is 0 Å². The van der Waals surface area contributed by atoms with Crippen LogP contribution in [0.25, 0.3) is 0 Å². The summed E-state index contributed by atoms with van der Waals surface area (Å²) in [6, 6.07) is 9.63. The van der Waals surface area contributed by atoms with Crippen molar-refractivity contribution in [1.82, 2.24) is 9.88 Å². The molecule has 2 aromatic rings. The highest BCUT2D eigenvalue weighted by Crippen LogP contribution is 2.18. The maximum atomic E-state index is 12.6. The minimum Gasteiger partial charge on any atom is -0.446 e. The predicted octanol–water partition coefficient (Wildman–Crippen LogP) is 3.32. The molecular formula is C19H25N3O2. The van der Waals surface area contributed by atoms with Crippen LogP contribution in [-0.2, 0) is 6.42 Å². The van der Waals surface area contributed by atoms with Gasteiger partial charge in [0.1, 0.15) is 6.26 Å². The average molecular weight is 327 g/mol. The lowest BCUT2D eigenvalue weighted by molar-refractivity contribution is 0.0736. The zero-order chi connectivity index (χ0) is 16.8. The van der Waals surface area contributed by atoms with E-state index in [1.807, 2.05) is 35.2 Å². The summed E-state index contributed by atoms with van der Waals surface area (Å²) in [4.78, 5) is 18.9. The normalized spacial score (nSPS) is 17.1. The van der Waals surface area contributed by atoms with E-state index in [-0.39, 0.29) is 11.9 Å². The molecule has 0 bridgehead atoms. The molecule has 1 aromatic carbocycles. The van der Waals surface area contributed by atoms with Crippen LogP contribution in [0, 0.1) is 0 Å².